The molecule has 0 saturated carbocycles. The Kier molecular flexibility index (Phi) is 31.9. The van der Waals surface area contributed by atoms with Gasteiger partial charge < -0.3 is 35.2 Å². The van der Waals surface area contributed by atoms with Gasteiger partial charge in [0.25, 0.3) is 19.4 Å². The number of hydrogen-bond donors (Lipinski definition) is 2. The number of ether oxygens (including phenoxy) is 5. The first-order chi connectivity index (χ1) is 42.8. The zero-order valence-corrected chi connectivity index (χ0v) is 52.2. The molecule has 484 valence electrons. The van der Waals surface area contributed by atoms with E-state index in [2.05, 4.69) is 33.8 Å². The number of benzene rings is 1. The van der Waals surface area contributed by atoms with E-state index in [1.54, 1.807) is 54.6 Å². The molecule has 0 fully saturated rings. The van der Waals surface area contributed by atoms with Gasteiger partial charge in [-0.05, 0) is 126 Å². The molecule has 0 amide bonds. The zero-order chi connectivity index (χ0) is 66.4. The average Bonchev–Trinajstić information content (AvgIpc) is 0.956. The molecule has 19 nitrogen and oxygen atoms in total. The summed E-state index contributed by atoms with van der Waals surface area (Å²) in [5.41, 5.74) is 13.5. The number of allylic oxidation sites excluding steroid dienone is 5. The quantitative estimate of drug-likeness (QED) is 0.00557. The van der Waals surface area contributed by atoms with Gasteiger partial charge in [0.05, 0.1) is 41.6 Å². The third-order valence-electron chi connectivity index (χ3n) is 12.8. The maximum atomic E-state index is 13.1. The van der Waals surface area contributed by atoms with Gasteiger partial charge in [-0.1, -0.05) is 84.1 Å². The second-order valence-corrected chi connectivity index (χ2v) is 19.9. The number of nitrogens with one attached hydrogen (secondary N) is 4. The Morgan fingerprint density at radius 1 is 0.505 bits per heavy atom. The molecule has 4 aromatic heterocycles. The summed E-state index contributed by atoms with van der Waals surface area (Å²) in [5, 5.41) is 14.6. The molecule has 0 unspecified atom stereocenters. The van der Waals surface area contributed by atoms with Crippen molar-refractivity contribution >= 4 is 77.8 Å². The third kappa shape index (κ3) is 25.6. The predicted molar refractivity (Wildman–Crippen MR) is 328 cm³/mol. The Morgan fingerprint density at radius 2 is 0.857 bits per heavy atom. The summed E-state index contributed by atoms with van der Waals surface area (Å²) in [4.78, 5) is 85.5. The number of carbonyl (C=O) groups is 6. The number of alkyl halides is 6. The van der Waals surface area contributed by atoms with E-state index >= 15 is 0 Å². The van der Waals surface area contributed by atoms with Gasteiger partial charge in [0.1, 0.15) is 22.9 Å². The fourth-order valence-corrected chi connectivity index (χ4v) is 8.23. The standard InChI is InChI=1S/C35H45F6N5O2.C30H23N3O9.Ru/c1-3-5-7-9-11-13-18-47-29-16-15-17-30(48-19-14-12-10-8-6-4-2)33(29)24-20-27(25(42)22-31(44)34(36,37)38)46-28(21-24)26(43)23-32(45)35(39,40)41;1-18(37)28(40-15-34)12-21-4-6-31-24(8-21)26-10-23(14-30(20(3)39)42-17-36)11-27(33-26)25-9-22(5-7-32-25)13-29(19(2)38)41-16-35;/h15-17,20-23,42-45H,3-14,18-19H2,1-2H3;4-17H,1-3H3;/q-2;;+2/b25-22-,26-23-,44-31?,45-32?;28-12+,29-13+,30-14+;. The summed E-state index contributed by atoms with van der Waals surface area (Å²) in [5.74, 6) is -1.34. The van der Waals surface area contributed by atoms with Crippen LogP contribution in [0.25, 0.3) is 75.0 Å². The SMILES string of the molecule is CC(=O)/C(=C\c1ccnc(-c2cc(/C=C(/OC=O)C(C)=O)cc(-c3cc(/C=C(/OC=O)C(C)=O)ccn3)n2)c1)OC=O.CCCCCCCCOc1cccc(OCCCCCCCC)c1-c1cc(/C([NH-])=C/C(=N)C(F)(F)F)nc(/C([NH-])=C/C(=N)C(F)(F)F)c1.[Ru+2]. The minimum absolute atomic E-state index is 0. The van der Waals surface area contributed by atoms with Crippen LogP contribution in [-0.4, -0.2) is 93.7 Å². The second-order valence-electron chi connectivity index (χ2n) is 19.9. The minimum atomic E-state index is -5.05. The van der Waals surface area contributed by atoms with Crippen LogP contribution in [0, 0.1) is 10.8 Å². The van der Waals surface area contributed by atoms with E-state index < -0.39 is 63.9 Å². The summed E-state index contributed by atoms with van der Waals surface area (Å²) in [6.07, 6.45) is 9.51. The molecule has 0 bridgehead atoms. The summed E-state index contributed by atoms with van der Waals surface area (Å²) in [6.45, 7) is 9.08. The predicted octanol–water partition coefficient (Wildman–Crippen LogP) is 15.7. The molecule has 0 spiro atoms. The molecular formula is C65H68F6N8O11Ru. The maximum absolute atomic E-state index is 13.1. The van der Waals surface area contributed by atoms with Crippen molar-refractivity contribution in [2.75, 3.05) is 13.2 Å². The van der Waals surface area contributed by atoms with Crippen molar-refractivity contribution in [3.05, 3.63) is 148 Å². The first-order valence-electron chi connectivity index (χ1n) is 28.4. The van der Waals surface area contributed by atoms with Crippen molar-refractivity contribution in [1.29, 1.82) is 10.8 Å². The normalized spacial score (nSPS) is 12.1. The van der Waals surface area contributed by atoms with Crippen LogP contribution in [0.4, 0.5) is 26.3 Å². The Morgan fingerprint density at radius 3 is 1.21 bits per heavy atom. The summed E-state index contributed by atoms with van der Waals surface area (Å²) in [7, 11) is 0. The molecule has 0 atom stereocenters. The largest absolute Gasteiger partial charge is 2.00 e. The van der Waals surface area contributed by atoms with E-state index in [1.165, 1.54) is 63.5 Å². The number of nitrogens with zero attached hydrogens (tertiary/aromatic N) is 4. The van der Waals surface area contributed by atoms with Crippen LogP contribution >= 0.6 is 0 Å². The molecule has 1 aromatic carbocycles. The molecule has 5 aromatic rings. The molecule has 4 heterocycles. The van der Waals surface area contributed by atoms with Gasteiger partial charge in [-0.15, -0.1) is 11.4 Å². The van der Waals surface area contributed by atoms with Crippen molar-refractivity contribution in [2.24, 2.45) is 0 Å². The zero-order valence-electron chi connectivity index (χ0n) is 50.4. The summed E-state index contributed by atoms with van der Waals surface area (Å²) >= 11 is 0. The van der Waals surface area contributed by atoms with Gasteiger partial charge in [-0.3, -0.25) is 54.5 Å². The van der Waals surface area contributed by atoms with Gasteiger partial charge in [0.2, 0.25) is 0 Å². The molecule has 91 heavy (non-hydrogen) atoms. The van der Waals surface area contributed by atoms with E-state index in [-0.39, 0.29) is 73.9 Å². The topological polar surface area (TPSA) is 295 Å². The summed E-state index contributed by atoms with van der Waals surface area (Å²) in [6, 6.07) is 17.1. The molecule has 0 aliphatic heterocycles. The van der Waals surface area contributed by atoms with E-state index in [9.17, 15) is 55.1 Å². The van der Waals surface area contributed by atoms with E-state index in [1.807, 2.05) is 0 Å². The van der Waals surface area contributed by atoms with Gasteiger partial charge >= 0.3 is 31.8 Å². The number of aromatic nitrogens is 4. The number of Topliss-reactive ketones (excluding diaryl/α,β-unsaturated/α-hetero) is 3. The Bertz CT molecular complexity index is 3330. The van der Waals surface area contributed by atoms with Crippen LogP contribution < -0.4 is 9.47 Å². The second kappa shape index (κ2) is 38.3. The smallest absolute Gasteiger partial charge is 0.697 e. The average molecular weight is 1350 g/mol. The summed E-state index contributed by atoms with van der Waals surface area (Å²) < 4.78 is 105. The van der Waals surface area contributed by atoms with Gasteiger partial charge in [0, 0.05) is 44.6 Å². The van der Waals surface area contributed by atoms with Gasteiger partial charge in [0.15, 0.2) is 34.6 Å². The molecule has 0 aliphatic carbocycles. The van der Waals surface area contributed by atoms with E-state index in [4.69, 9.17) is 46.0 Å². The Hall–Kier alpha value is -9.32. The molecule has 26 heteroatoms. The van der Waals surface area contributed by atoms with Crippen LogP contribution in [0.2, 0.25) is 0 Å². The molecule has 5 rings (SSSR count). The molecular weight excluding hydrogens is 1280 g/mol. The number of ketones is 3. The van der Waals surface area contributed by atoms with Crippen LogP contribution in [0.1, 0.15) is 140 Å². The van der Waals surface area contributed by atoms with Crippen LogP contribution in [0.5, 0.6) is 11.5 Å². The molecule has 0 saturated heterocycles. The number of halogens is 6. The number of hydrogen-bond acceptors (Lipinski definition) is 17. The Labute approximate surface area is 535 Å². The minimum Gasteiger partial charge on any atom is -0.697 e. The van der Waals surface area contributed by atoms with Gasteiger partial charge in [-0.2, -0.15) is 26.3 Å². The molecule has 0 radical (unpaired) electrons. The molecule has 0 aliphatic rings. The maximum Gasteiger partial charge on any atom is 2.00 e. The van der Waals surface area contributed by atoms with Crippen molar-refractivity contribution in [3.8, 4) is 45.4 Å². The number of carbonyl (C=O) groups excluding carboxylic acids is 6. The number of unbranched alkanes of at least 4 members (excludes halogenated alkanes) is 10. The van der Waals surface area contributed by atoms with Crippen molar-refractivity contribution in [2.45, 2.75) is 124 Å². The fourth-order valence-electron chi connectivity index (χ4n) is 8.23. The monoisotopic (exact) mass is 1350 g/mol. The third-order valence-corrected chi connectivity index (χ3v) is 12.8. The van der Waals surface area contributed by atoms with Crippen LogP contribution in [-0.2, 0) is 62.5 Å². The molecule has 4 N–H and O–H groups in total. The van der Waals surface area contributed by atoms with Crippen LogP contribution in [0.3, 0.4) is 0 Å². The van der Waals surface area contributed by atoms with Crippen molar-refractivity contribution in [1.82, 2.24) is 19.9 Å². The van der Waals surface area contributed by atoms with Crippen molar-refractivity contribution in [3.63, 3.8) is 0 Å². The number of pyridine rings is 4. The number of rotatable bonds is 35. The van der Waals surface area contributed by atoms with Crippen molar-refractivity contribution < 1.29 is 98.3 Å². The van der Waals surface area contributed by atoms with E-state index in [0.717, 1.165) is 77.0 Å². The van der Waals surface area contributed by atoms with Crippen LogP contribution in [0.15, 0.2) is 109 Å². The first-order valence-corrected chi connectivity index (χ1v) is 28.4. The van der Waals surface area contributed by atoms with Gasteiger partial charge in [-0.25, -0.2) is 4.98 Å². The Balaban J connectivity index is 0.000000474. The fraction of sp³-hybridized carbons (Fsp3) is 0.323. The first kappa shape index (κ1) is 75.9. The van der Waals surface area contributed by atoms with E-state index in [0.29, 0.717) is 69.7 Å².